The second-order valence-electron chi connectivity index (χ2n) is 4.50. The Morgan fingerprint density at radius 2 is 2.44 bits per heavy atom. The molecule has 2 rings (SSSR count). The summed E-state index contributed by atoms with van der Waals surface area (Å²) in [6.07, 6.45) is 2.59. The molecule has 5 nitrogen and oxygen atoms in total. The second kappa shape index (κ2) is 5.61. The fourth-order valence-electron chi connectivity index (χ4n) is 2.54. The quantitative estimate of drug-likeness (QED) is 0.659. The normalized spacial score (nSPS) is 33.2. The number of carbonyl (C=O) groups is 1. The number of carbonyl (C=O) groups excluding carboxylic acids is 1. The molecule has 0 spiro atoms. The van der Waals surface area contributed by atoms with Gasteiger partial charge in [0.25, 0.3) is 0 Å². The number of amides is 1. The highest BCUT2D eigenvalue weighted by Crippen LogP contribution is 2.19. The Morgan fingerprint density at radius 3 is 3.25 bits per heavy atom. The van der Waals surface area contributed by atoms with Crippen molar-refractivity contribution >= 4 is 5.91 Å². The second-order valence-corrected chi connectivity index (χ2v) is 4.50. The summed E-state index contributed by atoms with van der Waals surface area (Å²) in [4.78, 5) is 13.7. The smallest absolute Gasteiger partial charge is 0.221 e. The van der Waals surface area contributed by atoms with Gasteiger partial charge in [-0.1, -0.05) is 0 Å². The van der Waals surface area contributed by atoms with Gasteiger partial charge in [-0.15, -0.1) is 0 Å². The number of hydrogen-bond acceptors (Lipinski definition) is 4. The van der Waals surface area contributed by atoms with Crippen molar-refractivity contribution in [1.82, 2.24) is 10.2 Å². The van der Waals surface area contributed by atoms with Gasteiger partial charge in [0, 0.05) is 25.6 Å². The molecule has 2 unspecified atom stereocenters. The number of nitrogens with one attached hydrogen (secondary N) is 1. The number of aliphatic hydroxyl groups excluding tert-OH is 1. The lowest BCUT2D eigenvalue weighted by molar-refractivity contribution is -0.123. The first-order valence-electron chi connectivity index (χ1n) is 6.02. The maximum atomic E-state index is 11.5. The van der Waals surface area contributed by atoms with Gasteiger partial charge >= 0.3 is 0 Å². The summed E-state index contributed by atoms with van der Waals surface area (Å²) in [6, 6.07) is 0.327. The van der Waals surface area contributed by atoms with E-state index in [0.29, 0.717) is 19.6 Å². The molecular formula is C11H20N2O3. The van der Waals surface area contributed by atoms with Crippen molar-refractivity contribution in [3.8, 4) is 0 Å². The van der Waals surface area contributed by atoms with Crippen molar-refractivity contribution < 1.29 is 14.6 Å². The van der Waals surface area contributed by atoms with Crippen LogP contribution >= 0.6 is 0 Å². The number of morpholine rings is 1. The van der Waals surface area contributed by atoms with Gasteiger partial charge in [0.1, 0.15) is 0 Å². The van der Waals surface area contributed by atoms with Gasteiger partial charge in [-0.05, 0) is 12.8 Å². The molecule has 2 fully saturated rings. The molecule has 0 saturated carbocycles. The number of aliphatic hydroxyl groups is 1. The van der Waals surface area contributed by atoms with Crippen molar-refractivity contribution in [2.75, 3.05) is 32.9 Å². The van der Waals surface area contributed by atoms with E-state index in [0.717, 1.165) is 25.9 Å². The first-order chi connectivity index (χ1) is 7.81. The van der Waals surface area contributed by atoms with E-state index in [1.54, 1.807) is 0 Å². The maximum absolute atomic E-state index is 11.5. The first-order valence-corrected chi connectivity index (χ1v) is 6.02. The molecule has 2 aliphatic heterocycles. The van der Waals surface area contributed by atoms with Crippen LogP contribution in [0.3, 0.4) is 0 Å². The van der Waals surface area contributed by atoms with Gasteiger partial charge in [-0.25, -0.2) is 0 Å². The summed E-state index contributed by atoms with van der Waals surface area (Å²) in [5.41, 5.74) is 0. The van der Waals surface area contributed by atoms with E-state index in [-0.39, 0.29) is 24.6 Å². The molecule has 0 bridgehead atoms. The average Bonchev–Trinajstić information content (AvgIpc) is 2.54. The van der Waals surface area contributed by atoms with Crippen molar-refractivity contribution in [2.45, 2.75) is 31.3 Å². The summed E-state index contributed by atoms with van der Waals surface area (Å²) in [6.45, 7) is 2.99. The molecule has 0 radical (unpaired) electrons. The predicted molar refractivity (Wildman–Crippen MR) is 59.0 cm³/mol. The Balaban J connectivity index is 1.99. The molecule has 16 heavy (non-hydrogen) atoms. The van der Waals surface area contributed by atoms with Crippen molar-refractivity contribution in [2.24, 2.45) is 0 Å². The minimum Gasteiger partial charge on any atom is -0.395 e. The highest BCUT2D eigenvalue weighted by atomic mass is 16.5. The van der Waals surface area contributed by atoms with Crippen LogP contribution in [0.25, 0.3) is 0 Å². The van der Waals surface area contributed by atoms with Crippen molar-refractivity contribution in [1.29, 1.82) is 0 Å². The SMILES string of the molecule is O=C1CC(N2CCOCC2CO)CCCN1. The molecule has 5 heteroatoms. The van der Waals surface area contributed by atoms with Gasteiger partial charge < -0.3 is 15.2 Å². The van der Waals surface area contributed by atoms with Gasteiger partial charge in [0.05, 0.1) is 25.9 Å². The first kappa shape index (κ1) is 11.8. The molecule has 2 aliphatic rings. The van der Waals surface area contributed by atoms with Gasteiger partial charge in [0.2, 0.25) is 5.91 Å². The number of hydrogen-bond donors (Lipinski definition) is 2. The fourth-order valence-corrected chi connectivity index (χ4v) is 2.54. The van der Waals surface area contributed by atoms with Crippen LogP contribution in [-0.4, -0.2) is 60.9 Å². The van der Waals surface area contributed by atoms with Crippen LogP contribution in [0.15, 0.2) is 0 Å². The molecule has 1 amide bonds. The van der Waals surface area contributed by atoms with Crippen molar-refractivity contribution in [3.05, 3.63) is 0 Å². The molecule has 0 aromatic heterocycles. The van der Waals surface area contributed by atoms with E-state index < -0.39 is 0 Å². The summed E-state index contributed by atoms with van der Waals surface area (Å²) < 4.78 is 5.35. The van der Waals surface area contributed by atoms with Crippen molar-refractivity contribution in [3.63, 3.8) is 0 Å². The number of rotatable bonds is 2. The summed E-state index contributed by atoms with van der Waals surface area (Å²) in [5.74, 6) is 0.130. The zero-order valence-corrected chi connectivity index (χ0v) is 9.52. The Bertz CT molecular complexity index is 247. The molecular weight excluding hydrogens is 208 g/mol. The highest BCUT2D eigenvalue weighted by molar-refractivity contribution is 5.76. The Kier molecular flexibility index (Phi) is 4.15. The lowest BCUT2D eigenvalue weighted by Crippen LogP contribution is -2.52. The predicted octanol–water partition coefficient (Wildman–Crippen LogP) is -0.652. The third-order valence-corrected chi connectivity index (χ3v) is 3.41. The van der Waals surface area contributed by atoms with E-state index in [1.165, 1.54) is 0 Å². The minimum atomic E-state index is 0.0599. The maximum Gasteiger partial charge on any atom is 0.221 e. The molecule has 0 aromatic carbocycles. The van der Waals surface area contributed by atoms with Crippen LogP contribution in [-0.2, 0) is 9.53 Å². The molecule has 2 atom stereocenters. The van der Waals surface area contributed by atoms with E-state index in [4.69, 9.17) is 4.74 Å². The van der Waals surface area contributed by atoms with Gasteiger partial charge in [-0.2, -0.15) is 0 Å². The summed E-state index contributed by atoms with van der Waals surface area (Å²) in [7, 11) is 0. The van der Waals surface area contributed by atoms with E-state index in [2.05, 4.69) is 10.2 Å². The third-order valence-electron chi connectivity index (χ3n) is 3.41. The largest absolute Gasteiger partial charge is 0.395 e. The lowest BCUT2D eigenvalue weighted by Gasteiger charge is -2.39. The van der Waals surface area contributed by atoms with E-state index in [1.807, 2.05) is 0 Å². The Morgan fingerprint density at radius 1 is 1.56 bits per heavy atom. The lowest BCUT2D eigenvalue weighted by atomic mass is 10.0. The van der Waals surface area contributed by atoms with Crippen LogP contribution in [0.2, 0.25) is 0 Å². The van der Waals surface area contributed by atoms with Crippen LogP contribution in [0, 0.1) is 0 Å². The zero-order chi connectivity index (χ0) is 11.4. The third kappa shape index (κ3) is 2.72. The standard InChI is InChI=1S/C11H20N2O3/c14-7-10-8-16-5-4-13(10)9-2-1-3-12-11(15)6-9/h9-10,14H,1-8H2,(H,12,15). The fraction of sp³-hybridized carbons (Fsp3) is 0.909. The minimum absolute atomic E-state index is 0.0599. The van der Waals surface area contributed by atoms with Crippen LogP contribution < -0.4 is 5.32 Å². The van der Waals surface area contributed by atoms with Gasteiger partial charge in [-0.3, -0.25) is 9.69 Å². The average molecular weight is 228 g/mol. The molecule has 2 heterocycles. The zero-order valence-electron chi connectivity index (χ0n) is 9.52. The Labute approximate surface area is 95.8 Å². The number of ether oxygens (including phenoxy) is 1. The summed E-state index contributed by atoms with van der Waals surface area (Å²) in [5, 5.41) is 12.2. The van der Waals surface area contributed by atoms with Gasteiger partial charge in [0.15, 0.2) is 0 Å². The number of nitrogens with zero attached hydrogens (tertiary/aromatic N) is 1. The molecule has 2 saturated heterocycles. The van der Waals surface area contributed by atoms with Crippen LogP contribution in [0.5, 0.6) is 0 Å². The van der Waals surface area contributed by atoms with Crippen LogP contribution in [0.1, 0.15) is 19.3 Å². The monoisotopic (exact) mass is 228 g/mol. The molecule has 92 valence electrons. The van der Waals surface area contributed by atoms with Crippen LogP contribution in [0.4, 0.5) is 0 Å². The molecule has 2 N–H and O–H groups in total. The van der Waals surface area contributed by atoms with E-state index in [9.17, 15) is 9.90 Å². The Hall–Kier alpha value is -0.650. The highest BCUT2D eigenvalue weighted by Gasteiger charge is 2.30. The molecule has 0 aromatic rings. The topological polar surface area (TPSA) is 61.8 Å². The summed E-state index contributed by atoms with van der Waals surface area (Å²) >= 11 is 0. The van der Waals surface area contributed by atoms with E-state index >= 15 is 0 Å². The molecule has 0 aliphatic carbocycles.